The van der Waals surface area contributed by atoms with Gasteiger partial charge in [0.25, 0.3) is 0 Å². The van der Waals surface area contributed by atoms with Crippen LogP contribution in [0.4, 0.5) is 35.2 Å². The lowest BCUT2D eigenvalue weighted by Crippen LogP contribution is -2.46. The number of pyridine rings is 1. The van der Waals surface area contributed by atoms with Crippen molar-refractivity contribution in [1.82, 2.24) is 14.8 Å². The summed E-state index contributed by atoms with van der Waals surface area (Å²) in [7, 11) is 3.75. The number of halogens is 3. The van der Waals surface area contributed by atoms with Gasteiger partial charge in [-0.3, -0.25) is 14.9 Å². The molecule has 13 heteroatoms. The number of nitrogens with one attached hydrogen (secondary N) is 3. The van der Waals surface area contributed by atoms with E-state index in [0.717, 1.165) is 50.2 Å². The van der Waals surface area contributed by atoms with E-state index in [0.29, 0.717) is 5.69 Å². The number of likely N-dealkylation sites (tertiary alicyclic amines) is 1. The van der Waals surface area contributed by atoms with Gasteiger partial charge in [0.2, 0.25) is 11.8 Å². The Balaban J connectivity index is 1.21. The summed E-state index contributed by atoms with van der Waals surface area (Å²) >= 11 is 0. The van der Waals surface area contributed by atoms with Gasteiger partial charge in [0.05, 0.1) is 5.69 Å². The Kier molecular flexibility index (Phi) is 8.53. The van der Waals surface area contributed by atoms with Gasteiger partial charge in [0, 0.05) is 43.2 Å². The van der Waals surface area contributed by atoms with Crippen LogP contribution in [0.1, 0.15) is 25.7 Å². The van der Waals surface area contributed by atoms with Gasteiger partial charge in [-0.1, -0.05) is 0 Å². The van der Waals surface area contributed by atoms with Crippen LogP contribution in [-0.2, 0) is 9.59 Å². The molecule has 0 radical (unpaired) electrons. The van der Waals surface area contributed by atoms with Crippen molar-refractivity contribution >= 4 is 35.0 Å². The summed E-state index contributed by atoms with van der Waals surface area (Å²) in [6, 6.07) is 9.09. The number of carbonyl (C=O) groups is 3. The van der Waals surface area contributed by atoms with Crippen molar-refractivity contribution in [3.63, 3.8) is 0 Å². The fourth-order valence-electron chi connectivity index (χ4n) is 4.83. The highest BCUT2D eigenvalue weighted by Crippen LogP contribution is 2.47. The molecule has 1 aliphatic carbocycles. The molecule has 2 aliphatic rings. The summed E-state index contributed by atoms with van der Waals surface area (Å²) < 4.78 is 48.6. The van der Waals surface area contributed by atoms with Crippen molar-refractivity contribution < 1.29 is 32.3 Å². The number of piperidine rings is 1. The topological polar surface area (TPSA) is 116 Å². The van der Waals surface area contributed by atoms with Crippen molar-refractivity contribution in [3.05, 3.63) is 72.2 Å². The number of carbonyl (C=O) groups excluding carboxylic acids is 3. The third-order valence-corrected chi connectivity index (χ3v) is 7.74. The third kappa shape index (κ3) is 6.88. The molecule has 4 amide bonds. The first-order valence-corrected chi connectivity index (χ1v) is 13.8. The van der Waals surface area contributed by atoms with Crippen LogP contribution in [0.2, 0.25) is 0 Å². The maximum atomic E-state index is 15.0. The second kappa shape index (κ2) is 12.3. The highest BCUT2D eigenvalue weighted by atomic mass is 19.1. The van der Waals surface area contributed by atoms with Gasteiger partial charge in [-0.2, -0.15) is 0 Å². The molecule has 10 nitrogen and oxygen atoms in total. The van der Waals surface area contributed by atoms with Crippen molar-refractivity contribution in [1.29, 1.82) is 0 Å². The van der Waals surface area contributed by atoms with Crippen LogP contribution in [-0.4, -0.2) is 65.9 Å². The highest BCUT2D eigenvalue weighted by molar-refractivity contribution is 6.17. The summed E-state index contributed by atoms with van der Waals surface area (Å²) in [5.74, 6) is -4.06. The van der Waals surface area contributed by atoms with E-state index in [2.05, 4.69) is 25.8 Å². The molecule has 1 saturated carbocycles. The number of nitrogens with zero attached hydrogens (tertiary/aromatic N) is 3. The van der Waals surface area contributed by atoms with Crippen LogP contribution in [0.3, 0.4) is 0 Å². The van der Waals surface area contributed by atoms with Crippen LogP contribution in [0.15, 0.2) is 54.7 Å². The minimum Gasteiger partial charge on any atom is -0.454 e. The Bertz CT molecular complexity index is 1520. The zero-order valence-electron chi connectivity index (χ0n) is 23.6. The minimum atomic E-state index is -1.45. The SMILES string of the molecule is CN1CCC(N(C)C(=O)Nc2cc(Oc3cc(F)c(NC(=O)C4(C(=O)Nc5ccc(F)cc5)CC4)cc3F)ccn2)CC1. The normalized spacial score (nSPS) is 16.2. The summed E-state index contributed by atoms with van der Waals surface area (Å²) in [5.41, 5.74) is -1.62. The smallest absolute Gasteiger partial charge is 0.323 e. The number of hydrogen-bond acceptors (Lipinski definition) is 6. The van der Waals surface area contributed by atoms with Gasteiger partial charge in [-0.05, 0) is 76.2 Å². The predicted molar refractivity (Wildman–Crippen MR) is 153 cm³/mol. The molecule has 226 valence electrons. The van der Waals surface area contributed by atoms with E-state index in [1.807, 2.05) is 7.05 Å². The van der Waals surface area contributed by atoms with Crippen LogP contribution in [0, 0.1) is 22.9 Å². The van der Waals surface area contributed by atoms with Gasteiger partial charge >= 0.3 is 6.03 Å². The van der Waals surface area contributed by atoms with Crippen molar-refractivity contribution in [2.24, 2.45) is 5.41 Å². The molecule has 2 fully saturated rings. The van der Waals surface area contributed by atoms with E-state index in [-0.39, 0.29) is 36.5 Å². The molecule has 5 rings (SSSR count). The molecule has 1 aromatic heterocycles. The zero-order valence-corrected chi connectivity index (χ0v) is 23.6. The Morgan fingerprint density at radius 2 is 1.60 bits per heavy atom. The van der Waals surface area contributed by atoms with Crippen molar-refractivity contribution in [2.45, 2.75) is 31.7 Å². The first-order chi connectivity index (χ1) is 20.5. The number of urea groups is 1. The van der Waals surface area contributed by atoms with Crippen LogP contribution in [0.25, 0.3) is 0 Å². The molecule has 3 aromatic rings. The lowest BCUT2D eigenvalue weighted by atomic mass is 10.0. The number of benzene rings is 2. The summed E-state index contributed by atoms with van der Waals surface area (Å²) in [6.07, 6.45) is 3.48. The number of amides is 4. The van der Waals surface area contributed by atoms with Gasteiger partial charge < -0.3 is 25.2 Å². The van der Waals surface area contributed by atoms with Crippen molar-refractivity contribution in [2.75, 3.05) is 43.1 Å². The van der Waals surface area contributed by atoms with Gasteiger partial charge in [0.15, 0.2) is 17.4 Å². The van der Waals surface area contributed by atoms with Crippen molar-refractivity contribution in [3.8, 4) is 11.5 Å². The molecule has 1 saturated heterocycles. The molecular weight excluding hydrogens is 565 g/mol. The number of aromatic nitrogens is 1. The largest absolute Gasteiger partial charge is 0.454 e. The highest BCUT2D eigenvalue weighted by Gasteiger charge is 2.56. The molecular formula is C30H31F3N6O4. The number of anilines is 3. The average molecular weight is 597 g/mol. The zero-order chi connectivity index (χ0) is 30.7. The van der Waals surface area contributed by atoms with E-state index in [4.69, 9.17) is 4.74 Å². The Morgan fingerprint density at radius 1 is 0.930 bits per heavy atom. The Morgan fingerprint density at radius 3 is 2.28 bits per heavy atom. The Labute approximate surface area is 246 Å². The number of ether oxygens (including phenoxy) is 1. The third-order valence-electron chi connectivity index (χ3n) is 7.74. The summed E-state index contributed by atoms with van der Waals surface area (Å²) in [6.45, 7) is 1.78. The fraction of sp³-hybridized carbons (Fsp3) is 0.333. The maximum absolute atomic E-state index is 15.0. The van der Waals surface area contributed by atoms with Crippen LogP contribution < -0.4 is 20.7 Å². The lowest BCUT2D eigenvalue weighted by molar-refractivity contribution is -0.131. The van der Waals surface area contributed by atoms with E-state index >= 15 is 0 Å². The molecule has 2 heterocycles. The van der Waals surface area contributed by atoms with Crippen LogP contribution in [0.5, 0.6) is 11.5 Å². The summed E-state index contributed by atoms with van der Waals surface area (Å²) in [4.78, 5) is 46.4. The lowest BCUT2D eigenvalue weighted by Gasteiger charge is -2.34. The first-order valence-electron chi connectivity index (χ1n) is 13.8. The monoisotopic (exact) mass is 596 g/mol. The maximum Gasteiger partial charge on any atom is 0.323 e. The molecule has 43 heavy (non-hydrogen) atoms. The van der Waals surface area contributed by atoms with E-state index in [9.17, 15) is 27.6 Å². The molecule has 0 bridgehead atoms. The molecule has 0 unspecified atom stereocenters. The first kappa shape index (κ1) is 29.8. The van der Waals surface area contributed by atoms with E-state index < -0.39 is 46.1 Å². The number of hydrogen-bond donors (Lipinski definition) is 3. The fourth-order valence-corrected chi connectivity index (χ4v) is 4.83. The number of rotatable bonds is 8. The second-order valence-corrected chi connectivity index (χ2v) is 10.8. The van der Waals surface area contributed by atoms with Gasteiger partial charge in [0.1, 0.15) is 22.8 Å². The molecule has 0 spiro atoms. The summed E-state index contributed by atoms with van der Waals surface area (Å²) in [5, 5.41) is 7.55. The quantitative estimate of drug-likeness (QED) is 0.308. The molecule has 1 aliphatic heterocycles. The second-order valence-electron chi connectivity index (χ2n) is 10.8. The molecule has 2 aromatic carbocycles. The van der Waals surface area contributed by atoms with Gasteiger partial charge in [-0.15, -0.1) is 0 Å². The van der Waals surface area contributed by atoms with E-state index in [1.165, 1.54) is 30.5 Å². The molecule has 0 atom stereocenters. The van der Waals surface area contributed by atoms with Crippen LogP contribution >= 0.6 is 0 Å². The standard InChI is InChI=1S/C30H31F3N6O4/c1-38-13-8-20(9-14-38)39(2)29(42)37-26-15-21(7-12-34-26)43-25-17-22(32)24(16-23(25)33)36-28(41)30(10-11-30)27(40)35-19-5-3-18(31)4-6-19/h3-7,12,15-17,20H,8-11,13-14H2,1-2H3,(H,35,40)(H,36,41)(H,34,37,42). The average Bonchev–Trinajstić information content (AvgIpc) is 3.80. The van der Waals surface area contributed by atoms with Gasteiger partial charge in [-0.25, -0.2) is 22.9 Å². The van der Waals surface area contributed by atoms with E-state index in [1.54, 1.807) is 11.9 Å². The molecule has 3 N–H and O–H groups in total. The predicted octanol–water partition coefficient (Wildman–Crippen LogP) is 5.21. The minimum absolute atomic E-state index is 0.0886. The Hall–Kier alpha value is -4.65.